The summed E-state index contributed by atoms with van der Waals surface area (Å²) in [6, 6.07) is -0.0463. The smallest absolute Gasteiger partial charge is 0.230 e. The van der Waals surface area contributed by atoms with E-state index in [0.29, 0.717) is 12.8 Å². The number of imide groups is 1. The zero-order valence-electron chi connectivity index (χ0n) is 12.4. The van der Waals surface area contributed by atoms with Crippen molar-refractivity contribution in [3.8, 4) is 0 Å². The van der Waals surface area contributed by atoms with E-state index in [1.54, 1.807) is 18.8 Å². The summed E-state index contributed by atoms with van der Waals surface area (Å²) in [7, 11) is 1.64. The lowest BCUT2D eigenvalue weighted by molar-refractivity contribution is -0.141. The van der Waals surface area contributed by atoms with E-state index in [1.165, 1.54) is 4.90 Å². The van der Waals surface area contributed by atoms with Crippen LogP contribution in [0.4, 0.5) is 0 Å². The number of amides is 3. The first kappa shape index (κ1) is 17.0. The van der Waals surface area contributed by atoms with Crippen molar-refractivity contribution >= 4 is 30.0 Å². The minimum absolute atomic E-state index is 0.0185. The SMILES string of the molecule is CNC(=O)C1CCC(N(C=O)C(=O)CC(C)SC)CC1. The van der Waals surface area contributed by atoms with Crippen LogP contribution in [-0.2, 0) is 14.4 Å². The third-order valence-corrected chi connectivity index (χ3v) is 4.94. The molecule has 5 nitrogen and oxygen atoms in total. The minimum atomic E-state index is -0.106. The normalized spacial score (nSPS) is 23.8. The van der Waals surface area contributed by atoms with Crippen molar-refractivity contribution in [1.82, 2.24) is 10.2 Å². The Morgan fingerprint density at radius 2 is 1.95 bits per heavy atom. The van der Waals surface area contributed by atoms with Crippen LogP contribution < -0.4 is 5.32 Å². The number of nitrogens with one attached hydrogen (secondary N) is 1. The van der Waals surface area contributed by atoms with Gasteiger partial charge in [0, 0.05) is 30.7 Å². The zero-order chi connectivity index (χ0) is 15.1. The van der Waals surface area contributed by atoms with Gasteiger partial charge in [0.15, 0.2) is 0 Å². The average Bonchev–Trinajstić information content (AvgIpc) is 2.47. The fourth-order valence-electron chi connectivity index (χ4n) is 2.60. The summed E-state index contributed by atoms with van der Waals surface area (Å²) in [4.78, 5) is 36.2. The highest BCUT2D eigenvalue weighted by molar-refractivity contribution is 7.99. The fourth-order valence-corrected chi connectivity index (χ4v) is 2.91. The van der Waals surface area contributed by atoms with Gasteiger partial charge >= 0.3 is 0 Å². The molecule has 3 amide bonds. The molecule has 1 aliphatic rings. The Kier molecular flexibility index (Phi) is 7.05. The molecular weight excluding hydrogens is 276 g/mol. The van der Waals surface area contributed by atoms with Gasteiger partial charge in [0.25, 0.3) is 0 Å². The fraction of sp³-hybridized carbons (Fsp3) is 0.786. The van der Waals surface area contributed by atoms with Gasteiger partial charge in [-0.2, -0.15) is 11.8 Å². The lowest BCUT2D eigenvalue weighted by atomic mass is 9.85. The number of hydrogen-bond acceptors (Lipinski definition) is 4. The first-order valence-corrected chi connectivity index (χ1v) is 8.33. The van der Waals surface area contributed by atoms with Crippen molar-refractivity contribution in [1.29, 1.82) is 0 Å². The summed E-state index contributed by atoms with van der Waals surface area (Å²) >= 11 is 1.62. The van der Waals surface area contributed by atoms with E-state index in [4.69, 9.17) is 0 Å². The van der Waals surface area contributed by atoms with E-state index in [-0.39, 0.29) is 29.0 Å². The molecule has 0 radical (unpaired) electrons. The van der Waals surface area contributed by atoms with Crippen LogP contribution in [0.25, 0.3) is 0 Å². The summed E-state index contributed by atoms with van der Waals surface area (Å²) in [5.41, 5.74) is 0. The molecule has 0 heterocycles. The molecule has 0 bridgehead atoms. The molecule has 0 aromatic rings. The van der Waals surface area contributed by atoms with Gasteiger partial charge in [0.1, 0.15) is 0 Å². The van der Waals surface area contributed by atoms with E-state index < -0.39 is 0 Å². The zero-order valence-corrected chi connectivity index (χ0v) is 13.2. The maximum absolute atomic E-state index is 12.1. The van der Waals surface area contributed by atoms with Gasteiger partial charge < -0.3 is 5.32 Å². The Bertz CT molecular complexity index is 354. The molecule has 114 valence electrons. The molecule has 1 saturated carbocycles. The minimum Gasteiger partial charge on any atom is -0.359 e. The van der Waals surface area contributed by atoms with Gasteiger partial charge in [-0.25, -0.2) is 0 Å². The first-order valence-electron chi connectivity index (χ1n) is 7.04. The Hall–Kier alpha value is -1.04. The number of carbonyl (C=O) groups excluding carboxylic acids is 3. The van der Waals surface area contributed by atoms with Crippen molar-refractivity contribution < 1.29 is 14.4 Å². The van der Waals surface area contributed by atoms with Gasteiger partial charge in [-0.15, -0.1) is 0 Å². The lowest BCUT2D eigenvalue weighted by Crippen LogP contribution is -2.43. The van der Waals surface area contributed by atoms with E-state index >= 15 is 0 Å². The summed E-state index contributed by atoms with van der Waals surface area (Å²) < 4.78 is 0. The summed E-state index contributed by atoms with van der Waals surface area (Å²) in [6.45, 7) is 1.98. The van der Waals surface area contributed by atoms with Crippen LogP contribution in [0.1, 0.15) is 39.0 Å². The molecule has 6 heteroatoms. The van der Waals surface area contributed by atoms with Crippen LogP contribution in [0.5, 0.6) is 0 Å². The summed E-state index contributed by atoms with van der Waals surface area (Å²) in [5, 5.41) is 2.87. The van der Waals surface area contributed by atoms with E-state index in [1.807, 2.05) is 13.2 Å². The topological polar surface area (TPSA) is 66.5 Å². The van der Waals surface area contributed by atoms with E-state index in [9.17, 15) is 14.4 Å². The van der Waals surface area contributed by atoms with Crippen LogP contribution in [-0.4, -0.2) is 47.7 Å². The first-order chi connectivity index (χ1) is 9.53. The second kappa shape index (κ2) is 8.29. The number of nitrogens with zero attached hydrogens (tertiary/aromatic N) is 1. The molecule has 1 rings (SSSR count). The maximum atomic E-state index is 12.1. The summed E-state index contributed by atoms with van der Waals surface area (Å²) in [6.07, 6.45) is 5.90. The molecule has 1 atom stereocenters. The third-order valence-electron chi connectivity index (χ3n) is 3.97. The van der Waals surface area contributed by atoms with Crippen molar-refractivity contribution in [3.63, 3.8) is 0 Å². The molecule has 1 N–H and O–H groups in total. The van der Waals surface area contributed by atoms with Crippen LogP contribution in [0.15, 0.2) is 0 Å². The van der Waals surface area contributed by atoms with Gasteiger partial charge in [-0.05, 0) is 31.9 Å². The predicted molar refractivity (Wildman–Crippen MR) is 80.3 cm³/mol. The molecule has 1 fully saturated rings. The van der Waals surface area contributed by atoms with Crippen LogP contribution in [0.2, 0.25) is 0 Å². The monoisotopic (exact) mass is 300 g/mol. The standard InChI is InChI=1S/C14H24N2O3S/c1-10(20-3)8-13(18)16(9-17)12-6-4-11(5-7-12)14(19)15-2/h9-12H,4-8H2,1-3H3,(H,15,19). The Labute approximate surface area is 124 Å². The van der Waals surface area contributed by atoms with Gasteiger partial charge in [-0.1, -0.05) is 6.92 Å². The predicted octanol–water partition coefficient (Wildman–Crippen LogP) is 1.42. The number of hydrogen-bond donors (Lipinski definition) is 1. The van der Waals surface area contributed by atoms with Gasteiger partial charge in [-0.3, -0.25) is 19.3 Å². The molecule has 1 aliphatic carbocycles. The molecular formula is C14H24N2O3S. The maximum Gasteiger partial charge on any atom is 0.230 e. The average molecular weight is 300 g/mol. The van der Waals surface area contributed by atoms with Crippen LogP contribution in [0, 0.1) is 5.92 Å². The van der Waals surface area contributed by atoms with Crippen molar-refractivity contribution in [2.45, 2.75) is 50.3 Å². The Balaban J connectivity index is 2.54. The molecule has 1 unspecified atom stereocenters. The molecule has 0 spiro atoms. The highest BCUT2D eigenvalue weighted by atomic mass is 32.2. The lowest BCUT2D eigenvalue weighted by Gasteiger charge is -2.33. The molecule has 0 aliphatic heterocycles. The van der Waals surface area contributed by atoms with Crippen LogP contribution >= 0.6 is 11.8 Å². The van der Waals surface area contributed by atoms with E-state index in [0.717, 1.165) is 25.7 Å². The second-order valence-corrected chi connectivity index (χ2v) is 6.55. The third kappa shape index (κ3) is 4.51. The van der Waals surface area contributed by atoms with Crippen molar-refractivity contribution in [2.24, 2.45) is 5.92 Å². The molecule has 0 saturated heterocycles. The quantitative estimate of drug-likeness (QED) is 0.753. The molecule has 0 aromatic heterocycles. The van der Waals surface area contributed by atoms with Crippen molar-refractivity contribution in [3.05, 3.63) is 0 Å². The number of carbonyl (C=O) groups is 3. The van der Waals surface area contributed by atoms with Gasteiger partial charge in [0.2, 0.25) is 18.2 Å². The van der Waals surface area contributed by atoms with Gasteiger partial charge in [0.05, 0.1) is 0 Å². The van der Waals surface area contributed by atoms with E-state index in [2.05, 4.69) is 5.32 Å². The Morgan fingerprint density at radius 1 is 1.35 bits per heavy atom. The molecule has 20 heavy (non-hydrogen) atoms. The largest absolute Gasteiger partial charge is 0.359 e. The number of thioether (sulfide) groups is 1. The summed E-state index contributed by atoms with van der Waals surface area (Å²) in [5.74, 6) is -0.0290. The highest BCUT2D eigenvalue weighted by Gasteiger charge is 2.31. The molecule has 0 aromatic carbocycles. The van der Waals surface area contributed by atoms with Crippen LogP contribution in [0.3, 0.4) is 0 Å². The second-order valence-electron chi connectivity index (χ2n) is 5.28. The highest BCUT2D eigenvalue weighted by Crippen LogP contribution is 2.28. The van der Waals surface area contributed by atoms with Crippen molar-refractivity contribution in [2.75, 3.05) is 13.3 Å². The Morgan fingerprint density at radius 3 is 2.40 bits per heavy atom. The number of rotatable bonds is 6.